The Balaban J connectivity index is 2.25. The third-order valence-electron chi connectivity index (χ3n) is 3.29. The highest BCUT2D eigenvalue weighted by atomic mass is 35.5. The van der Waals surface area contributed by atoms with E-state index >= 15 is 0 Å². The number of hydrogen-bond acceptors (Lipinski definition) is 2. The van der Waals surface area contributed by atoms with E-state index in [0.29, 0.717) is 5.92 Å². The first kappa shape index (κ1) is 15.4. The van der Waals surface area contributed by atoms with Gasteiger partial charge in [0.1, 0.15) is 0 Å². The van der Waals surface area contributed by atoms with E-state index in [2.05, 4.69) is 42.1 Å². The molecule has 0 aliphatic rings. The molecule has 0 radical (unpaired) electrons. The molecule has 110 valence electrons. The number of ether oxygens (including phenoxy) is 1. The Morgan fingerprint density at radius 1 is 1.35 bits per heavy atom. The molecule has 0 saturated carbocycles. The average Bonchev–Trinajstić information content (AvgIpc) is 2.72. The summed E-state index contributed by atoms with van der Waals surface area (Å²) in [6, 6.07) is 6.13. The van der Waals surface area contributed by atoms with Gasteiger partial charge < -0.3 is 14.6 Å². The topological polar surface area (TPSA) is 26.2 Å². The Morgan fingerprint density at radius 2 is 2.15 bits per heavy atom. The number of hydrogen-bond donors (Lipinski definition) is 1. The van der Waals surface area contributed by atoms with Gasteiger partial charge in [0.25, 0.3) is 0 Å². The molecule has 3 nitrogen and oxygen atoms in total. The molecular weight excluding hydrogens is 272 g/mol. The van der Waals surface area contributed by atoms with E-state index in [1.54, 1.807) is 7.11 Å². The van der Waals surface area contributed by atoms with Crippen molar-refractivity contribution in [1.29, 1.82) is 0 Å². The van der Waals surface area contributed by atoms with Gasteiger partial charge in [-0.3, -0.25) is 0 Å². The molecule has 1 aromatic heterocycles. The summed E-state index contributed by atoms with van der Waals surface area (Å²) in [6.45, 7) is 7.92. The van der Waals surface area contributed by atoms with Crippen LogP contribution in [0.15, 0.2) is 24.4 Å². The smallest absolute Gasteiger partial charge is 0.0587 e. The van der Waals surface area contributed by atoms with Crippen molar-refractivity contribution in [2.24, 2.45) is 5.92 Å². The molecule has 2 aromatic rings. The van der Waals surface area contributed by atoms with Crippen LogP contribution in [0.1, 0.15) is 19.4 Å². The fraction of sp³-hybridized carbons (Fsp3) is 0.500. The van der Waals surface area contributed by atoms with Gasteiger partial charge >= 0.3 is 0 Å². The quantitative estimate of drug-likeness (QED) is 0.788. The molecule has 20 heavy (non-hydrogen) atoms. The maximum absolute atomic E-state index is 6.14. The minimum absolute atomic E-state index is 0.610. The second-order valence-electron chi connectivity index (χ2n) is 5.53. The lowest BCUT2D eigenvalue weighted by Gasteiger charge is -2.08. The second-order valence-corrected chi connectivity index (χ2v) is 5.97. The number of nitrogens with zero attached hydrogens (tertiary/aromatic N) is 1. The molecular formula is C16H23ClN2O. The standard InChI is InChI=1S/C16H23ClN2O/c1-12(2)10-19-11-13(9-18-6-7-20-3)15-5-4-14(17)8-16(15)19/h4-5,8,11-12,18H,6-7,9-10H2,1-3H3. The molecule has 1 N–H and O–H groups in total. The largest absolute Gasteiger partial charge is 0.383 e. The monoisotopic (exact) mass is 294 g/mol. The van der Waals surface area contributed by atoms with Gasteiger partial charge in [-0.15, -0.1) is 0 Å². The maximum atomic E-state index is 6.14. The summed E-state index contributed by atoms with van der Waals surface area (Å²) in [7, 11) is 1.72. The summed E-state index contributed by atoms with van der Waals surface area (Å²) in [5, 5.41) is 5.47. The van der Waals surface area contributed by atoms with Crippen LogP contribution < -0.4 is 5.32 Å². The van der Waals surface area contributed by atoms with Gasteiger partial charge in [0.2, 0.25) is 0 Å². The van der Waals surface area contributed by atoms with Crippen LogP contribution in [0.25, 0.3) is 10.9 Å². The van der Waals surface area contributed by atoms with Crippen molar-refractivity contribution in [2.45, 2.75) is 26.9 Å². The lowest BCUT2D eigenvalue weighted by molar-refractivity contribution is 0.199. The van der Waals surface area contributed by atoms with E-state index < -0.39 is 0 Å². The highest BCUT2D eigenvalue weighted by Crippen LogP contribution is 2.25. The number of nitrogens with one attached hydrogen (secondary N) is 1. The maximum Gasteiger partial charge on any atom is 0.0587 e. The van der Waals surface area contributed by atoms with E-state index in [-0.39, 0.29) is 0 Å². The SMILES string of the molecule is COCCNCc1cn(CC(C)C)c2cc(Cl)ccc12. The molecule has 2 rings (SSSR count). The van der Waals surface area contributed by atoms with Crippen LogP contribution in [0, 0.1) is 5.92 Å². The van der Waals surface area contributed by atoms with E-state index in [0.717, 1.165) is 31.3 Å². The molecule has 0 spiro atoms. The van der Waals surface area contributed by atoms with Gasteiger partial charge in [0.05, 0.1) is 6.61 Å². The molecule has 0 aliphatic heterocycles. The van der Waals surface area contributed by atoms with Crippen molar-refractivity contribution < 1.29 is 4.74 Å². The van der Waals surface area contributed by atoms with E-state index in [1.165, 1.54) is 16.5 Å². The number of benzene rings is 1. The van der Waals surface area contributed by atoms with Crippen LogP contribution in [0.4, 0.5) is 0 Å². The van der Waals surface area contributed by atoms with Gasteiger partial charge in [-0.25, -0.2) is 0 Å². The lowest BCUT2D eigenvalue weighted by atomic mass is 10.2. The van der Waals surface area contributed by atoms with Crippen LogP contribution in [0.5, 0.6) is 0 Å². The zero-order valence-corrected chi connectivity index (χ0v) is 13.2. The lowest BCUT2D eigenvalue weighted by Crippen LogP contribution is -2.18. The van der Waals surface area contributed by atoms with Gasteiger partial charge in [-0.1, -0.05) is 31.5 Å². The number of rotatable bonds is 7. The van der Waals surface area contributed by atoms with Crippen molar-refractivity contribution in [2.75, 3.05) is 20.3 Å². The van der Waals surface area contributed by atoms with Crippen molar-refractivity contribution in [3.05, 3.63) is 35.0 Å². The van der Waals surface area contributed by atoms with Crippen LogP contribution in [0.2, 0.25) is 5.02 Å². The molecule has 0 aliphatic carbocycles. The zero-order chi connectivity index (χ0) is 14.5. The highest BCUT2D eigenvalue weighted by molar-refractivity contribution is 6.31. The van der Waals surface area contributed by atoms with E-state index in [4.69, 9.17) is 16.3 Å². The summed E-state index contributed by atoms with van der Waals surface area (Å²) < 4.78 is 7.36. The Morgan fingerprint density at radius 3 is 2.85 bits per heavy atom. The molecule has 0 unspecified atom stereocenters. The highest BCUT2D eigenvalue weighted by Gasteiger charge is 2.09. The third-order valence-corrected chi connectivity index (χ3v) is 3.52. The normalized spacial score (nSPS) is 11.7. The number of methoxy groups -OCH3 is 1. The number of fused-ring (bicyclic) bond motifs is 1. The molecule has 0 fully saturated rings. The second kappa shape index (κ2) is 7.11. The van der Waals surface area contributed by atoms with Gasteiger partial charge in [0, 0.05) is 48.9 Å². The van der Waals surface area contributed by atoms with Crippen LogP contribution in [0.3, 0.4) is 0 Å². The average molecular weight is 295 g/mol. The minimum atomic E-state index is 0.610. The summed E-state index contributed by atoms with van der Waals surface area (Å²) in [4.78, 5) is 0. The predicted octanol–water partition coefficient (Wildman–Crippen LogP) is 3.69. The summed E-state index contributed by atoms with van der Waals surface area (Å²) in [5.41, 5.74) is 2.53. The Kier molecular flexibility index (Phi) is 5.46. The van der Waals surface area contributed by atoms with Crippen LogP contribution in [-0.2, 0) is 17.8 Å². The first-order valence-corrected chi connectivity index (χ1v) is 7.46. The summed E-state index contributed by atoms with van der Waals surface area (Å²) in [5.74, 6) is 0.610. The fourth-order valence-corrected chi connectivity index (χ4v) is 2.59. The van der Waals surface area contributed by atoms with Gasteiger partial charge in [-0.2, -0.15) is 0 Å². The first-order chi connectivity index (χ1) is 9.61. The first-order valence-electron chi connectivity index (χ1n) is 7.08. The van der Waals surface area contributed by atoms with Gasteiger partial charge in [-0.05, 0) is 23.6 Å². The molecule has 0 bridgehead atoms. The number of halogens is 1. The molecule has 4 heteroatoms. The molecule has 0 amide bonds. The van der Waals surface area contributed by atoms with Crippen molar-refractivity contribution >= 4 is 22.5 Å². The molecule has 1 aromatic carbocycles. The predicted molar refractivity (Wildman–Crippen MR) is 85.4 cm³/mol. The fourth-order valence-electron chi connectivity index (χ4n) is 2.42. The zero-order valence-electron chi connectivity index (χ0n) is 12.4. The van der Waals surface area contributed by atoms with Gasteiger partial charge in [0.15, 0.2) is 0 Å². The molecule has 1 heterocycles. The Bertz CT molecular complexity index is 563. The summed E-state index contributed by atoms with van der Waals surface area (Å²) >= 11 is 6.14. The molecule has 0 saturated heterocycles. The van der Waals surface area contributed by atoms with Crippen molar-refractivity contribution in [3.8, 4) is 0 Å². The summed E-state index contributed by atoms with van der Waals surface area (Å²) in [6.07, 6.45) is 2.24. The number of aromatic nitrogens is 1. The third kappa shape index (κ3) is 3.75. The van der Waals surface area contributed by atoms with Crippen molar-refractivity contribution in [3.63, 3.8) is 0 Å². The Labute approximate surface area is 125 Å². The van der Waals surface area contributed by atoms with E-state index in [1.807, 2.05) is 6.07 Å². The van der Waals surface area contributed by atoms with Crippen LogP contribution >= 0.6 is 11.6 Å². The minimum Gasteiger partial charge on any atom is -0.383 e. The molecule has 0 atom stereocenters. The Hall–Kier alpha value is -1.03. The van der Waals surface area contributed by atoms with Crippen LogP contribution in [-0.4, -0.2) is 24.8 Å². The van der Waals surface area contributed by atoms with Crippen molar-refractivity contribution in [1.82, 2.24) is 9.88 Å². The van der Waals surface area contributed by atoms with E-state index in [9.17, 15) is 0 Å².